The first-order valence-corrected chi connectivity index (χ1v) is 7.33. The fourth-order valence-electron chi connectivity index (χ4n) is 1.67. The van der Waals surface area contributed by atoms with Crippen molar-refractivity contribution in [1.82, 2.24) is 9.71 Å². The van der Waals surface area contributed by atoms with Crippen LogP contribution in [-0.2, 0) is 16.6 Å². The predicted octanol–water partition coefficient (Wildman–Crippen LogP) is 1.59. The third-order valence-corrected chi connectivity index (χ3v) is 4.21. The summed E-state index contributed by atoms with van der Waals surface area (Å²) in [5, 5.41) is 0. The molecule has 0 amide bonds. The number of nitrogen functional groups attached to an aromatic ring is 1. The SMILES string of the molecule is Cc1cccnc1CNS(=O)(=O)c1cc(N)ccc1F. The van der Waals surface area contributed by atoms with Crippen LogP contribution in [0.25, 0.3) is 0 Å². The molecule has 5 nitrogen and oxygen atoms in total. The van der Waals surface area contributed by atoms with Crippen LogP contribution in [-0.4, -0.2) is 13.4 Å². The summed E-state index contributed by atoms with van der Waals surface area (Å²) in [5.74, 6) is -0.843. The monoisotopic (exact) mass is 295 g/mol. The Balaban J connectivity index is 2.24. The van der Waals surface area contributed by atoms with Crippen molar-refractivity contribution in [1.29, 1.82) is 0 Å². The predicted molar refractivity (Wildman–Crippen MR) is 73.8 cm³/mol. The molecule has 0 radical (unpaired) electrons. The summed E-state index contributed by atoms with van der Waals surface area (Å²) in [4.78, 5) is 3.60. The maximum Gasteiger partial charge on any atom is 0.243 e. The number of anilines is 1. The molecular formula is C13H14FN3O2S. The number of halogens is 1. The lowest BCUT2D eigenvalue weighted by atomic mass is 10.2. The lowest BCUT2D eigenvalue weighted by Crippen LogP contribution is -2.25. The molecule has 0 unspecified atom stereocenters. The van der Waals surface area contributed by atoms with Crippen LogP contribution in [0.2, 0.25) is 0 Å². The summed E-state index contributed by atoms with van der Waals surface area (Å²) in [6.45, 7) is 1.81. The van der Waals surface area contributed by atoms with Crippen molar-refractivity contribution >= 4 is 15.7 Å². The molecule has 0 fully saturated rings. The van der Waals surface area contributed by atoms with E-state index in [1.165, 1.54) is 6.07 Å². The molecule has 0 aliphatic carbocycles. The van der Waals surface area contributed by atoms with Gasteiger partial charge in [-0.1, -0.05) is 6.07 Å². The molecule has 7 heteroatoms. The summed E-state index contributed by atoms with van der Waals surface area (Å²) in [7, 11) is -3.97. The van der Waals surface area contributed by atoms with E-state index < -0.39 is 20.7 Å². The van der Waals surface area contributed by atoms with Gasteiger partial charge in [0.25, 0.3) is 0 Å². The number of aryl methyl sites for hydroxylation is 1. The highest BCUT2D eigenvalue weighted by Gasteiger charge is 2.19. The molecule has 2 rings (SSSR count). The Kier molecular flexibility index (Phi) is 4.01. The van der Waals surface area contributed by atoms with E-state index in [1.54, 1.807) is 12.3 Å². The Morgan fingerprint density at radius 1 is 1.35 bits per heavy atom. The molecule has 1 aromatic heterocycles. The first kappa shape index (κ1) is 14.4. The van der Waals surface area contributed by atoms with Crippen LogP contribution in [0.1, 0.15) is 11.3 Å². The zero-order valence-corrected chi connectivity index (χ0v) is 11.6. The molecule has 0 saturated heterocycles. The van der Waals surface area contributed by atoms with Crippen molar-refractivity contribution in [3.05, 3.63) is 53.6 Å². The molecule has 0 aliphatic heterocycles. The summed E-state index contributed by atoms with van der Waals surface area (Å²) >= 11 is 0. The van der Waals surface area contributed by atoms with Gasteiger partial charge < -0.3 is 5.73 Å². The second-order valence-electron chi connectivity index (χ2n) is 4.28. The van der Waals surface area contributed by atoms with Gasteiger partial charge in [0.2, 0.25) is 10.0 Å². The Bertz CT molecular complexity index is 732. The lowest BCUT2D eigenvalue weighted by Gasteiger charge is -2.09. The first-order chi connectivity index (χ1) is 9.40. The molecule has 0 spiro atoms. The molecule has 106 valence electrons. The second-order valence-corrected chi connectivity index (χ2v) is 6.02. The normalized spacial score (nSPS) is 11.5. The summed E-state index contributed by atoms with van der Waals surface area (Å²) in [5.41, 5.74) is 7.10. The van der Waals surface area contributed by atoms with Gasteiger partial charge in [-0.2, -0.15) is 0 Å². The number of pyridine rings is 1. The maximum atomic E-state index is 13.6. The molecule has 20 heavy (non-hydrogen) atoms. The fraction of sp³-hybridized carbons (Fsp3) is 0.154. The van der Waals surface area contributed by atoms with Crippen LogP contribution >= 0.6 is 0 Å². The molecule has 0 aliphatic rings. The van der Waals surface area contributed by atoms with Gasteiger partial charge in [-0.3, -0.25) is 4.98 Å². The Hall–Kier alpha value is -1.99. The Morgan fingerprint density at radius 2 is 2.10 bits per heavy atom. The van der Waals surface area contributed by atoms with E-state index in [4.69, 9.17) is 5.73 Å². The number of rotatable bonds is 4. The summed E-state index contributed by atoms with van der Waals surface area (Å²) < 4.78 is 40.0. The third kappa shape index (κ3) is 3.12. The van der Waals surface area contributed by atoms with Crippen molar-refractivity contribution in [2.45, 2.75) is 18.4 Å². The van der Waals surface area contributed by atoms with Gasteiger partial charge in [0, 0.05) is 11.9 Å². The number of nitrogens with zero attached hydrogens (tertiary/aromatic N) is 1. The van der Waals surface area contributed by atoms with E-state index >= 15 is 0 Å². The number of nitrogens with two attached hydrogens (primary N) is 1. The standard InChI is InChI=1S/C13H14FN3O2S/c1-9-3-2-6-16-12(9)8-17-20(18,19)13-7-10(15)4-5-11(13)14/h2-7,17H,8,15H2,1H3. The van der Waals surface area contributed by atoms with E-state index in [9.17, 15) is 12.8 Å². The molecule has 2 aromatic rings. The highest BCUT2D eigenvalue weighted by molar-refractivity contribution is 7.89. The minimum atomic E-state index is -3.97. The number of sulfonamides is 1. The molecule has 1 heterocycles. The van der Waals surface area contributed by atoms with Gasteiger partial charge in [0.15, 0.2) is 0 Å². The van der Waals surface area contributed by atoms with E-state index in [0.717, 1.165) is 17.7 Å². The van der Waals surface area contributed by atoms with Gasteiger partial charge in [-0.05, 0) is 36.8 Å². The Morgan fingerprint density at radius 3 is 2.80 bits per heavy atom. The van der Waals surface area contributed by atoms with E-state index in [2.05, 4.69) is 9.71 Å². The highest BCUT2D eigenvalue weighted by atomic mass is 32.2. The number of aromatic nitrogens is 1. The van der Waals surface area contributed by atoms with E-state index in [-0.39, 0.29) is 12.2 Å². The van der Waals surface area contributed by atoms with Gasteiger partial charge >= 0.3 is 0 Å². The second kappa shape index (κ2) is 5.56. The van der Waals surface area contributed by atoms with Gasteiger partial charge in [0.1, 0.15) is 10.7 Å². The fourth-order valence-corrected chi connectivity index (χ4v) is 2.77. The van der Waals surface area contributed by atoms with Crippen molar-refractivity contribution in [2.24, 2.45) is 0 Å². The highest BCUT2D eigenvalue weighted by Crippen LogP contribution is 2.17. The molecular weight excluding hydrogens is 281 g/mol. The van der Waals surface area contributed by atoms with Gasteiger partial charge in [-0.15, -0.1) is 0 Å². The summed E-state index contributed by atoms with van der Waals surface area (Å²) in [6.07, 6.45) is 1.57. The van der Waals surface area contributed by atoms with Crippen LogP contribution in [0.15, 0.2) is 41.4 Å². The zero-order chi connectivity index (χ0) is 14.8. The maximum absolute atomic E-state index is 13.6. The van der Waals surface area contributed by atoms with Crippen molar-refractivity contribution in [3.8, 4) is 0 Å². The largest absolute Gasteiger partial charge is 0.399 e. The van der Waals surface area contributed by atoms with Gasteiger partial charge in [0.05, 0.1) is 12.2 Å². The number of hydrogen-bond acceptors (Lipinski definition) is 4. The van der Waals surface area contributed by atoms with E-state index in [0.29, 0.717) is 5.69 Å². The zero-order valence-electron chi connectivity index (χ0n) is 10.8. The number of benzene rings is 1. The van der Waals surface area contributed by atoms with Crippen LogP contribution in [0.3, 0.4) is 0 Å². The van der Waals surface area contributed by atoms with Crippen molar-refractivity contribution < 1.29 is 12.8 Å². The average molecular weight is 295 g/mol. The smallest absolute Gasteiger partial charge is 0.243 e. The van der Waals surface area contributed by atoms with Crippen molar-refractivity contribution in [3.63, 3.8) is 0 Å². The molecule has 1 aromatic carbocycles. The molecule has 0 saturated carbocycles. The molecule has 0 bridgehead atoms. The number of nitrogens with one attached hydrogen (secondary N) is 1. The van der Waals surface area contributed by atoms with Crippen molar-refractivity contribution in [2.75, 3.05) is 5.73 Å². The molecule has 0 atom stereocenters. The van der Waals surface area contributed by atoms with Crippen LogP contribution in [0.5, 0.6) is 0 Å². The quantitative estimate of drug-likeness (QED) is 0.839. The third-order valence-electron chi connectivity index (χ3n) is 2.79. The minimum Gasteiger partial charge on any atom is -0.399 e. The summed E-state index contributed by atoms with van der Waals surface area (Å²) in [6, 6.07) is 6.98. The minimum absolute atomic E-state index is 0.0107. The molecule has 3 N–H and O–H groups in total. The van der Waals surface area contributed by atoms with Crippen LogP contribution in [0, 0.1) is 12.7 Å². The topological polar surface area (TPSA) is 85.1 Å². The Labute approximate surface area is 116 Å². The number of hydrogen-bond donors (Lipinski definition) is 2. The van der Waals surface area contributed by atoms with Gasteiger partial charge in [-0.25, -0.2) is 17.5 Å². The van der Waals surface area contributed by atoms with Crippen LogP contribution in [0.4, 0.5) is 10.1 Å². The van der Waals surface area contributed by atoms with Crippen LogP contribution < -0.4 is 10.5 Å². The average Bonchev–Trinajstić information content (AvgIpc) is 2.40. The lowest BCUT2D eigenvalue weighted by molar-refractivity contribution is 0.556. The van der Waals surface area contributed by atoms with E-state index in [1.807, 2.05) is 13.0 Å². The first-order valence-electron chi connectivity index (χ1n) is 5.85.